The summed E-state index contributed by atoms with van der Waals surface area (Å²) < 4.78 is 39.3. The first-order valence-electron chi connectivity index (χ1n) is 5.12. The predicted molar refractivity (Wildman–Crippen MR) is 52.9 cm³/mol. The van der Waals surface area contributed by atoms with Crippen LogP contribution in [-0.2, 0) is 4.74 Å². The highest BCUT2D eigenvalue weighted by atomic mass is 19.4. The molecule has 0 bridgehead atoms. The minimum atomic E-state index is -4.22. The molecule has 0 atom stereocenters. The molecule has 0 spiro atoms. The minimum Gasteiger partial charge on any atom is -0.371 e. The predicted octanol–water partition coefficient (Wildman–Crippen LogP) is 1.15. The highest BCUT2D eigenvalue weighted by Gasteiger charge is 2.26. The van der Waals surface area contributed by atoms with Gasteiger partial charge in [0.1, 0.15) is 6.61 Å². The van der Waals surface area contributed by atoms with Gasteiger partial charge in [-0.25, -0.2) is 0 Å². The summed E-state index contributed by atoms with van der Waals surface area (Å²) in [5, 5.41) is 6.14. The molecule has 0 saturated heterocycles. The van der Waals surface area contributed by atoms with Gasteiger partial charge in [-0.05, 0) is 13.0 Å². The van der Waals surface area contributed by atoms with Gasteiger partial charge in [-0.3, -0.25) is 0 Å². The second-order valence-corrected chi connectivity index (χ2v) is 3.17. The van der Waals surface area contributed by atoms with Crippen LogP contribution in [0.25, 0.3) is 0 Å². The molecule has 0 rings (SSSR count). The van der Waals surface area contributed by atoms with Crippen molar-refractivity contribution in [2.75, 3.05) is 39.4 Å². The molecule has 0 saturated carbocycles. The van der Waals surface area contributed by atoms with E-state index in [1.54, 1.807) is 0 Å². The van der Waals surface area contributed by atoms with Crippen LogP contribution in [0.3, 0.4) is 0 Å². The fourth-order valence-corrected chi connectivity index (χ4v) is 0.936. The summed E-state index contributed by atoms with van der Waals surface area (Å²) in [6, 6.07) is 0. The molecule has 0 aliphatic heterocycles. The van der Waals surface area contributed by atoms with Crippen molar-refractivity contribution in [3.63, 3.8) is 0 Å². The zero-order valence-electron chi connectivity index (χ0n) is 8.99. The Balaban J connectivity index is 2.99. The molecular formula is C9H19F3N2O. The lowest BCUT2D eigenvalue weighted by Crippen LogP contribution is -2.30. The van der Waals surface area contributed by atoms with Crippen LogP contribution in [0.5, 0.6) is 0 Å². The minimum absolute atomic E-state index is 0.0906. The molecule has 92 valence electrons. The monoisotopic (exact) mass is 228 g/mol. The summed E-state index contributed by atoms with van der Waals surface area (Å²) in [6.07, 6.45) is -3.14. The fraction of sp³-hybridized carbons (Fsp3) is 1.00. The largest absolute Gasteiger partial charge is 0.411 e. The molecular weight excluding hydrogens is 209 g/mol. The molecule has 0 amide bonds. The molecule has 6 heteroatoms. The third-order valence-corrected chi connectivity index (χ3v) is 1.59. The quantitative estimate of drug-likeness (QED) is 0.581. The van der Waals surface area contributed by atoms with Gasteiger partial charge in [0.25, 0.3) is 0 Å². The maximum absolute atomic E-state index is 11.6. The fourth-order valence-electron chi connectivity index (χ4n) is 0.936. The van der Waals surface area contributed by atoms with Crippen LogP contribution in [0.1, 0.15) is 13.3 Å². The first-order valence-corrected chi connectivity index (χ1v) is 5.12. The number of rotatable bonds is 9. The number of halogens is 3. The van der Waals surface area contributed by atoms with Gasteiger partial charge in [0.15, 0.2) is 0 Å². The van der Waals surface area contributed by atoms with Gasteiger partial charge < -0.3 is 15.4 Å². The van der Waals surface area contributed by atoms with Crippen molar-refractivity contribution in [2.45, 2.75) is 19.5 Å². The molecule has 15 heavy (non-hydrogen) atoms. The Morgan fingerprint density at radius 3 is 2.13 bits per heavy atom. The maximum atomic E-state index is 11.6. The molecule has 0 radical (unpaired) electrons. The van der Waals surface area contributed by atoms with Gasteiger partial charge in [-0.15, -0.1) is 0 Å². The third-order valence-electron chi connectivity index (χ3n) is 1.59. The Morgan fingerprint density at radius 2 is 1.60 bits per heavy atom. The SMILES string of the molecule is CCCNCCNCCOCC(F)(F)F. The summed E-state index contributed by atoms with van der Waals surface area (Å²) in [4.78, 5) is 0. The molecule has 0 aromatic carbocycles. The molecule has 0 aromatic rings. The van der Waals surface area contributed by atoms with E-state index in [2.05, 4.69) is 22.3 Å². The Kier molecular flexibility index (Phi) is 8.74. The number of alkyl halides is 3. The second kappa shape index (κ2) is 8.94. The zero-order chi connectivity index (χ0) is 11.6. The van der Waals surface area contributed by atoms with E-state index in [9.17, 15) is 13.2 Å². The van der Waals surface area contributed by atoms with Crippen LogP contribution < -0.4 is 10.6 Å². The Morgan fingerprint density at radius 1 is 1.00 bits per heavy atom. The standard InChI is InChI=1S/C9H19F3N2O/c1-2-3-13-4-5-14-6-7-15-8-9(10,11)12/h13-14H,2-8H2,1H3. The molecule has 2 N–H and O–H groups in total. The highest BCUT2D eigenvalue weighted by Crippen LogP contribution is 2.13. The van der Waals surface area contributed by atoms with E-state index in [0.29, 0.717) is 6.54 Å². The topological polar surface area (TPSA) is 33.3 Å². The number of ether oxygens (including phenoxy) is 1. The van der Waals surface area contributed by atoms with E-state index in [-0.39, 0.29) is 6.61 Å². The Hall–Kier alpha value is -0.330. The van der Waals surface area contributed by atoms with Crippen molar-refractivity contribution in [1.82, 2.24) is 10.6 Å². The highest BCUT2D eigenvalue weighted by molar-refractivity contribution is 4.52. The number of hydrogen-bond acceptors (Lipinski definition) is 3. The van der Waals surface area contributed by atoms with E-state index in [0.717, 1.165) is 26.1 Å². The maximum Gasteiger partial charge on any atom is 0.411 e. The Bertz CT molecular complexity index is 142. The number of nitrogens with one attached hydrogen (secondary N) is 2. The van der Waals surface area contributed by atoms with Crippen molar-refractivity contribution in [1.29, 1.82) is 0 Å². The zero-order valence-corrected chi connectivity index (χ0v) is 8.99. The van der Waals surface area contributed by atoms with Crippen molar-refractivity contribution >= 4 is 0 Å². The molecule has 0 aromatic heterocycles. The van der Waals surface area contributed by atoms with E-state index >= 15 is 0 Å². The molecule has 0 heterocycles. The van der Waals surface area contributed by atoms with Crippen LogP contribution >= 0.6 is 0 Å². The lowest BCUT2D eigenvalue weighted by molar-refractivity contribution is -0.173. The van der Waals surface area contributed by atoms with Gasteiger partial charge in [-0.2, -0.15) is 13.2 Å². The Labute approximate surface area is 88.4 Å². The van der Waals surface area contributed by atoms with Crippen LogP contribution in [0.2, 0.25) is 0 Å². The van der Waals surface area contributed by atoms with Crippen molar-refractivity contribution in [3.05, 3.63) is 0 Å². The van der Waals surface area contributed by atoms with Gasteiger partial charge in [-0.1, -0.05) is 6.92 Å². The summed E-state index contributed by atoms with van der Waals surface area (Å²) in [6.45, 7) is 3.99. The average molecular weight is 228 g/mol. The molecule has 0 fully saturated rings. The summed E-state index contributed by atoms with van der Waals surface area (Å²) >= 11 is 0. The van der Waals surface area contributed by atoms with E-state index in [1.807, 2.05) is 0 Å². The van der Waals surface area contributed by atoms with E-state index in [4.69, 9.17) is 0 Å². The molecule has 0 aliphatic carbocycles. The first-order chi connectivity index (χ1) is 7.06. The second-order valence-electron chi connectivity index (χ2n) is 3.17. The van der Waals surface area contributed by atoms with Gasteiger partial charge in [0, 0.05) is 19.6 Å². The summed E-state index contributed by atoms with van der Waals surface area (Å²) in [7, 11) is 0. The van der Waals surface area contributed by atoms with Crippen LogP contribution in [0.15, 0.2) is 0 Å². The summed E-state index contributed by atoms with van der Waals surface area (Å²) in [5.41, 5.74) is 0. The number of hydrogen-bond donors (Lipinski definition) is 2. The summed E-state index contributed by atoms with van der Waals surface area (Å²) in [5.74, 6) is 0. The van der Waals surface area contributed by atoms with Crippen LogP contribution in [-0.4, -0.2) is 45.6 Å². The van der Waals surface area contributed by atoms with Gasteiger partial charge in [0.05, 0.1) is 6.61 Å². The van der Waals surface area contributed by atoms with E-state index in [1.165, 1.54) is 0 Å². The third kappa shape index (κ3) is 13.7. The first kappa shape index (κ1) is 14.7. The molecule has 0 aliphatic rings. The van der Waals surface area contributed by atoms with Crippen molar-refractivity contribution < 1.29 is 17.9 Å². The van der Waals surface area contributed by atoms with Gasteiger partial charge >= 0.3 is 6.18 Å². The normalized spacial score (nSPS) is 12.0. The van der Waals surface area contributed by atoms with E-state index < -0.39 is 12.8 Å². The van der Waals surface area contributed by atoms with Crippen LogP contribution in [0.4, 0.5) is 13.2 Å². The molecule has 3 nitrogen and oxygen atoms in total. The van der Waals surface area contributed by atoms with Gasteiger partial charge in [0.2, 0.25) is 0 Å². The average Bonchev–Trinajstić information content (AvgIpc) is 2.14. The smallest absolute Gasteiger partial charge is 0.371 e. The lowest BCUT2D eigenvalue weighted by atomic mass is 10.4. The lowest BCUT2D eigenvalue weighted by Gasteiger charge is -2.08. The van der Waals surface area contributed by atoms with Crippen molar-refractivity contribution in [3.8, 4) is 0 Å². The van der Waals surface area contributed by atoms with Crippen molar-refractivity contribution in [2.24, 2.45) is 0 Å². The van der Waals surface area contributed by atoms with Crippen LogP contribution in [0, 0.1) is 0 Å². The molecule has 0 unspecified atom stereocenters.